The van der Waals surface area contributed by atoms with Crippen LogP contribution in [0.1, 0.15) is 61.8 Å². The fourth-order valence-electron chi connectivity index (χ4n) is 4.12. The van der Waals surface area contributed by atoms with E-state index in [1.807, 2.05) is 27.7 Å². The number of fused-ring (bicyclic) bond motifs is 3. The number of carbonyl (C=O) groups is 3. The van der Waals surface area contributed by atoms with Crippen molar-refractivity contribution < 1.29 is 14.4 Å². The number of aromatic nitrogens is 2. The number of rotatable bonds is 4. The number of hydrogen-bond acceptors (Lipinski definition) is 6. The van der Waals surface area contributed by atoms with Gasteiger partial charge in [0, 0.05) is 24.8 Å². The zero-order valence-corrected chi connectivity index (χ0v) is 17.6. The number of nitrogens with one attached hydrogen (secondary N) is 1. The second-order valence-electron chi connectivity index (χ2n) is 7.89. The van der Waals surface area contributed by atoms with E-state index < -0.39 is 11.6 Å². The molecule has 29 heavy (non-hydrogen) atoms. The van der Waals surface area contributed by atoms with E-state index in [9.17, 15) is 14.4 Å². The summed E-state index contributed by atoms with van der Waals surface area (Å²) < 4.78 is 0. The summed E-state index contributed by atoms with van der Waals surface area (Å²) in [5.41, 5.74) is -0.509. The Balaban J connectivity index is 1.82. The molecule has 1 atom stereocenters. The largest absolute Gasteiger partial charge is 0.304 e. The van der Waals surface area contributed by atoms with Crippen molar-refractivity contribution >= 4 is 39.9 Å². The Labute approximate surface area is 172 Å². The number of benzene rings is 1. The van der Waals surface area contributed by atoms with Crippen LogP contribution >= 0.6 is 11.3 Å². The predicted molar refractivity (Wildman–Crippen MR) is 110 cm³/mol. The van der Waals surface area contributed by atoms with E-state index in [4.69, 9.17) is 0 Å². The van der Waals surface area contributed by atoms with Gasteiger partial charge in [0.05, 0.1) is 11.3 Å². The standard InChI is InChI=1S/C20H23N5O3S/c1-11(2)16-22-23-19(29-16)21-18(28)20-10-9-15(26)25(20)14-8-6-5-7-13(14)17(27)24(20)12(3)4/h5-8,11-12H,9-10H2,1-4H3,(H,21,23,28). The van der Waals surface area contributed by atoms with Crippen LogP contribution in [0.25, 0.3) is 0 Å². The van der Waals surface area contributed by atoms with Crippen molar-refractivity contribution in [1.29, 1.82) is 0 Å². The normalized spacial score (nSPS) is 21.0. The Morgan fingerprint density at radius 2 is 1.90 bits per heavy atom. The Hall–Kier alpha value is -2.81. The van der Waals surface area contributed by atoms with Crippen molar-refractivity contribution in [3.8, 4) is 0 Å². The van der Waals surface area contributed by atoms with Crippen LogP contribution in [0.4, 0.5) is 10.8 Å². The maximum atomic E-state index is 13.6. The zero-order chi connectivity index (χ0) is 20.9. The molecule has 1 aromatic carbocycles. The highest BCUT2D eigenvalue weighted by Gasteiger charge is 2.61. The van der Waals surface area contributed by atoms with E-state index >= 15 is 0 Å². The van der Waals surface area contributed by atoms with Gasteiger partial charge >= 0.3 is 0 Å². The minimum atomic E-state index is -1.42. The summed E-state index contributed by atoms with van der Waals surface area (Å²) in [5.74, 6) is -0.676. The Morgan fingerprint density at radius 3 is 2.55 bits per heavy atom. The summed E-state index contributed by atoms with van der Waals surface area (Å²) in [6.45, 7) is 7.70. The van der Waals surface area contributed by atoms with E-state index in [2.05, 4.69) is 15.5 Å². The lowest BCUT2D eigenvalue weighted by atomic mass is 9.94. The lowest BCUT2D eigenvalue weighted by Gasteiger charge is -2.50. The van der Waals surface area contributed by atoms with Gasteiger partial charge in [-0.25, -0.2) is 0 Å². The lowest BCUT2D eigenvalue weighted by Crippen LogP contribution is -2.70. The monoisotopic (exact) mass is 413 g/mol. The van der Waals surface area contributed by atoms with Crippen LogP contribution in [0.2, 0.25) is 0 Å². The van der Waals surface area contributed by atoms with Gasteiger partial charge in [0.1, 0.15) is 5.01 Å². The molecule has 1 aromatic heterocycles. The first-order valence-electron chi connectivity index (χ1n) is 9.68. The van der Waals surface area contributed by atoms with Crippen molar-refractivity contribution in [3.05, 3.63) is 34.8 Å². The summed E-state index contributed by atoms with van der Waals surface area (Å²) in [5, 5.41) is 12.2. The van der Waals surface area contributed by atoms with Gasteiger partial charge in [-0.05, 0) is 26.0 Å². The summed E-state index contributed by atoms with van der Waals surface area (Å²) in [4.78, 5) is 42.9. The summed E-state index contributed by atoms with van der Waals surface area (Å²) in [6, 6.07) is 6.66. The Morgan fingerprint density at radius 1 is 1.17 bits per heavy atom. The number of nitrogens with zero attached hydrogens (tertiary/aromatic N) is 4. The Kier molecular flexibility index (Phi) is 4.65. The minimum absolute atomic E-state index is 0.175. The number of carbonyl (C=O) groups excluding carboxylic acids is 3. The van der Waals surface area contributed by atoms with Crippen LogP contribution in [0, 0.1) is 0 Å². The van der Waals surface area contributed by atoms with Crippen LogP contribution in [0.15, 0.2) is 24.3 Å². The highest BCUT2D eigenvalue weighted by atomic mass is 32.1. The molecule has 1 saturated heterocycles. The molecule has 0 spiro atoms. The smallest absolute Gasteiger partial charge is 0.273 e. The molecule has 3 amide bonds. The van der Waals surface area contributed by atoms with Crippen molar-refractivity contribution in [3.63, 3.8) is 0 Å². The molecule has 4 rings (SSSR count). The molecule has 9 heteroatoms. The van der Waals surface area contributed by atoms with Gasteiger partial charge in [-0.15, -0.1) is 10.2 Å². The van der Waals surface area contributed by atoms with Gasteiger partial charge in [-0.2, -0.15) is 0 Å². The van der Waals surface area contributed by atoms with Crippen molar-refractivity contribution in [2.75, 3.05) is 10.2 Å². The molecular formula is C20H23N5O3S. The van der Waals surface area contributed by atoms with Crippen LogP contribution in [0.3, 0.4) is 0 Å². The topological polar surface area (TPSA) is 95.5 Å². The molecule has 2 aliphatic heterocycles. The number of hydrogen-bond donors (Lipinski definition) is 1. The second kappa shape index (κ2) is 6.91. The Bertz CT molecular complexity index is 1000. The molecule has 0 bridgehead atoms. The SMILES string of the molecule is CC(C)c1nnc(NC(=O)C23CCC(=O)N2c2ccccc2C(=O)N3C(C)C)s1. The van der Waals surface area contributed by atoms with Crippen molar-refractivity contribution in [2.24, 2.45) is 0 Å². The van der Waals surface area contributed by atoms with Gasteiger partial charge in [0.2, 0.25) is 16.7 Å². The molecular weight excluding hydrogens is 390 g/mol. The molecule has 1 unspecified atom stereocenters. The van der Waals surface area contributed by atoms with E-state index in [-0.39, 0.29) is 36.6 Å². The van der Waals surface area contributed by atoms with Crippen LogP contribution in [-0.4, -0.2) is 44.5 Å². The van der Waals surface area contributed by atoms with Crippen LogP contribution < -0.4 is 10.2 Å². The molecule has 0 aliphatic carbocycles. The quantitative estimate of drug-likeness (QED) is 0.831. The van der Waals surface area contributed by atoms with E-state index in [1.165, 1.54) is 21.1 Å². The fraction of sp³-hybridized carbons (Fsp3) is 0.450. The third-order valence-electron chi connectivity index (χ3n) is 5.33. The highest BCUT2D eigenvalue weighted by molar-refractivity contribution is 7.15. The lowest BCUT2D eigenvalue weighted by molar-refractivity contribution is -0.129. The van der Waals surface area contributed by atoms with Crippen molar-refractivity contribution in [1.82, 2.24) is 15.1 Å². The maximum Gasteiger partial charge on any atom is 0.273 e. The first-order chi connectivity index (χ1) is 13.8. The number of amides is 3. The summed E-state index contributed by atoms with van der Waals surface area (Å²) in [6.07, 6.45) is 0.414. The van der Waals surface area contributed by atoms with Gasteiger partial charge < -0.3 is 4.90 Å². The summed E-state index contributed by atoms with van der Waals surface area (Å²) >= 11 is 1.30. The van der Waals surface area contributed by atoms with Crippen molar-refractivity contribution in [2.45, 2.75) is 58.2 Å². The molecule has 1 fully saturated rings. The maximum absolute atomic E-state index is 13.6. The molecule has 0 saturated carbocycles. The molecule has 8 nitrogen and oxygen atoms in total. The average Bonchev–Trinajstić information content (AvgIpc) is 3.27. The third-order valence-corrected chi connectivity index (χ3v) is 6.47. The fourth-order valence-corrected chi connectivity index (χ4v) is 4.86. The summed E-state index contributed by atoms with van der Waals surface area (Å²) in [7, 11) is 0. The van der Waals surface area contributed by atoms with Gasteiger partial charge in [0.25, 0.3) is 11.8 Å². The third kappa shape index (κ3) is 2.83. The van der Waals surface area contributed by atoms with Crippen LogP contribution in [0.5, 0.6) is 0 Å². The average molecular weight is 414 g/mol. The molecule has 152 valence electrons. The molecule has 1 N–H and O–H groups in total. The minimum Gasteiger partial charge on any atom is -0.304 e. The number of para-hydroxylation sites is 1. The molecule has 3 heterocycles. The van der Waals surface area contributed by atoms with Gasteiger partial charge in [-0.1, -0.05) is 37.3 Å². The van der Waals surface area contributed by atoms with Gasteiger partial charge in [-0.3, -0.25) is 24.6 Å². The first kappa shape index (κ1) is 19.5. The molecule has 0 radical (unpaired) electrons. The second-order valence-corrected chi connectivity index (χ2v) is 8.90. The van der Waals surface area contributed by atoms with Gasteiger partial charge in [0.15, 0.2) is 0 Å². The van der Waals surface area contributed by atoms with E-state index in [0.717, 1.165) is 5.01 Å². The number of anilines is 2. The highest BCUT2D eigenvalue weighted by Crippen LogP contribution is 2.46. The van der Waals surface area contributed by atoms with E-state index in [0.29, 0.717) is 16.4 Å². The molecule has 2 aliphatic rings. The first-order valence-corrected chi connectivity index (χ1v) is 10.5. The van der Waals surface area contributed by atoms with Crippen LogP contribution in [-0.2, 0) is 9.59 Å². The zero-order valence-electron chi connectivity index (χ0n) is 16.8. The predicted octanol–water partition coefficient (Wildman–Crippen LogP) is 2.99. The molecule has 2 aromatic rings. The van der Waals surface area contributed by atoms with E-state index in [1.54, 1.807) is 24.3 Å².